The van der Waals surface area contributed by atoms with Gasteiger partial charge >= 0.3 is 5.97 Å². The van der Waals surface area contributed by atoms with Gasteiger partial charge in [-0.3, -0.25) is 0 Å². The predicted octanol–water partition coefficient (Wildman–Crippen LogP) is 3.33. The zero-order chi connectivity index (χ0) is 16.6. The molecule has 24 heavy (non-hydrogen) atoms. The molecule has 0 bridgehead atoms. The monoisotopic (exact) mass is 321 g/mol. The van der Waals surface area contributed by atoms with Gasteiger partial charge in [-0.1, -0.05) is 30.3 Å². The lowest BCUT2D eigenvalue weighted by Crippen LogP contribution is -2.46. The van der Waals surface area contributed by atoms with Crippen LogP contribution in [0.4, 0.5) is 0 Å². The molecule has 1 saturated heterocycles. The number of benzene rings is 2. The van der Waals surface area contributed by atoms with Crippen molar-refractivity contribution in [2.24, 2.45) is 0 Å². The Labute approximate surface area is 140 Å². The van der Waals surface area contributed by atoms with Crippen LogP contribution in [-0.4, -0.2) is 29.8 Å². The van der Waals surface area contributed by atoms with Crippen LogP contribution < -0.4 is 10.1 Å². The molecule has 2 N–H and O–H groups in total. The van der Waals surface area contributed by atoms with Crippen LogP contribution in [0.25, 0.3) is 5.57 Å². The van der Waals surface area contributed by atoms with Crippen LogP contribution in [0.1, 0.15) is 34.3 Å². The molecule has 2 aliphatic rings. The zero-order valence-electron chi connectivity index (χ0n) is 13.3. The van der Waals surface area contributed by atoms with Gasteiger partial charge in [-0.05, 0) is 48.5 Å². The van der Waals surface area contributed by atoms with E-state index in [1.165, 1.54) is 0 Å². The number of hydrogen-bond acceptors (Lipinski definition) is 3. The van der Waals surface area contributed by atoms with E-state index in [-0.39, 0.29) is 11.2 Å². The highest BCUT2D eigenvalue weighted by atomic mass is 16.5. The minimum absolute atomic E-state index is 0.278. The molecule has 0 amide bonds. The molecule has 4 rings (SSSR count). The Morgan fingerprint density at radius 3 is 2.54 bits per heavy atom. The lowest BCUT2D eigenvalue weighted by molar-refractivity contribution is 0.0696. The molecular weight excluding hydrogens is 302 g/mol. The van der Waals surface area contributed by atoms with Gasteiger partial charge in [0.2, 0.25) is 0 Å². The Balaban J connectivity index is 1.88. The van der Waals surface area contributed by atoms with Crippen molar-refractivity contribution in [3.8, 4) is 5.75 Å². The molecule has 0 radical (unpaired) electrons. The third kappa shape index (κ3) is 2.59. The van der Waals surface area contributed by atoms with Crippen LogP contribution in [0.2, 0.25) is 0 Å². The highest BCUT2D eigenvalue weighted by Crippen LogP contribution is 2.42. The Kier molecular flexibility index (Phi) is 3.62. The quantitative estimate of drug-likeness (QED) is 0.891. The molecule has 0 atom stereocenters. The number of carboxylic acids is 1. The van der Waals surface area contributed by atoms with Gasteiger partial charge in [-0.15, -0.1) is 0 Å². The summed E-state index contributed by atoms with van der Waals surface area (Å²) in [6.45, 7) is 1.84. The highest BCUT2D eigenvalue weighted by Gasteiger charge is 2.37. The first-order valence-corrected chi connectivity index (χ1v) is 8.23. The molecule has 122 valence electrons. The first kappa shape index (κ1) is 15.0. The molecule has 2 heterocycles. The van der Waals surface area contributed by atoms with Crippen LogP contribution in [0.5, 0.6) is 5.75 Å². The Morgan fingerprint density at radius 1 is 1.08 bits per heavy atom. The number of fused-ring (bicyclic) bond motifs is 1. The third-order valence-electron chi connectivity index (χ3n) is 4.77. The number of nitrogens with one attached hydrogen (secondary N) is 1. The van der Waals surface area contributed by atoms with E-state index in [1.54, 1.807) is 18.2 Å². The number of rotatable bonds is 2. The van der Waals surface area contributed by atoms with E-state index < -0.39 is 5.97 Å². The fourth-order valence-corrected chi connectivity index (χ4v) is 3.50. The lowest BCUT2D eigenvalue weighted by atomic mass is 9.83. The molecule has 4 heteroatoms. The van der Waals surface area contributed by atoms with Crippen LogP contribution in [-0.2, 0) is 0 Å². The maximum atomic E-state index is 11.4. The molecule has 0 aliphatic carbocycles. The number of carboxylic acid groups (broad SMARTS) is 1. The number of piperidine rings is 1. The van der Waals surface area contributed by atoms with Gasteiger partial charge < -0.3 is 15.2 Å². The summed E-state index contributed by atoms with van der Waals surface area (Å²) in [5.41, 5.74) is 2.96. The van der Waals surface area contributed by atoms with Crippen LogP contribution >= 0.6 is 0 Å². The first-order valence-electron chi connectivity index (χ1n) is 8.23. The summed E-state index contributed by atoms with van der Waals surface area (Å²) < 4.78 is 6.34. The van der Waals surface area contributed by atoms with E-state index in [0.717, 1.165) is 48.4 Å². The molecule has 0 unspecified atom stereocenters. The second-order valence-electron chi connectivity index (χ2n) is 6.36. The van der Waals surface area contributed by atoms with Gasteiger partial charge in [-0.25, -0.2) is 4.79 Å². The van der Waals surface area contributed by atoms with Crippen molar-refractivity contribution in [1.82, 2.24) is 5.32 Å². The Morgan fingerprint density at radius 2 is 1.83 bits per heavy atom. The van der Waals surface area contributed by atoms with E-state index in [4.69, 9.17) is 4.74 Å². The molecule has 4 nitrogen and oxygen atoms in total. The topological polar surface area (TPSA) is 58.6 Å². The zero-order valence-corrected chi connectivity index (χ0v) is 13.3. The molecular formula is C20H19NO3. The molecule has 0 aromatic heterocycles. The van der Waals surface area contributed by atoms with E-state index in [2.05, 4.69) is 23.5 Å². The Hall–Kier alpha value is -2.59. The standard InChI is InChI=1S/C20H19NO3/c22-19(23)15-6-7-18-16(12-15)17(14-4-2-1-3-5-14)13-20(24-18)8-10-21-11-9-20/h1-7,12-13,21H,8-11H2,(H,22,23). The first-order chi connectivity index (χ1) is 11.7. The predicted molar refractivity (Wildman–Crippen MR) is 92.4 cm³/mol. The van der Waals surface area contributed by atoms with Gasteiger partial charge in [-0.2, -0.15) is 0 Å². The van der Waals surface area contributed by atoms with Crippen LogP contribution in [0.15, 0.2) is 54.6 Å². The number of hydrogen-bond donors (Lipinski definition) is 2. The van der Waals surface area contributed by atoms with Crippen molar-refractivity contribution >= 4 is 11.5 Å². The molecule has 2 aromatic carbocycles. The van der Waals surface area contributed by atoms with Gasteiger partial charge in [0.15, 0.2) is 0 Å². The van der Waals surface area contributed by atoms with Crippen molar-refractivity contribution in [3.63, 3.8) is 0 Å². The summed E-state index contributed by atoms with van der Waals surface area (Å²) in [6, 6.07) is 15.2. The second-order valence-corrected chi connectivity index (χ2v) is 6.36. The van der Waals surface area contributed by atoms with Gasteiger partial charge in [0.25, 0.3) is 0 Å². The fraction of sp³-hybridized carbons (Fsp3) is 0.250. The van der Waals surface area contributed by atoms with Crippen molar-refractivity contribution in [1.29, 1.82) is 0 Å². The van der Waals surface area contributed by atoms with Crippen LogP contribution in [0.3, 0.4) is 0 Å². The van der Waals surface area contributed by atoms with E-state index in [0.29, 0.717) is 0 Å². The summed E-state index contributed by atoms with van der Waals surface area (Å²) in [4.78, 5) is 11.4. The lowest BCUT2D eigenvalue weighted by Gasteiger charge is -2.40. The minimum Gasteiger partial charge on any atom is -0.482 e. The molecule has 2 aliphatic heterocycles. The molecule has 1 fully saturated rings. The Bertz CT molecular complexity index is 805. The normalized spacial score (nSPS) is 18.4. The van der Waals surface area contributed by atoms with Crippen LogP contribution in [0, 0.1) is 0 Å². The fourth-order valence-electron chi connectivity index (χ4n) is 3.50. The average molecular weight is 321 g/mol. The number of aromatic carboxylic acids is 1. The maximum Gasteiger partial charge on any atom is 0.335 e. The second kappa shape index (κ2) is 5.80. The molecule has 2 aromatic rings. The average Bonchev–Trinajstić information content (AvgIpc) is 2.62. The summed E-state index contributed by atoms with van der Waals surface area (Å²) in [5, 5.41) is 12.7. The number of ether oxygens (including phenoxy) is 1. The third-order valence-corrected chi connectivity index (χ3v) is 4.77. The van der Waals surface area contributed by atoms with Gasteiger partial charge in [0, 0.05) is 18.4 Å². The van der Waals surface area contributed by atoms with Gasteiger partial charge in [0.1, 0.15) is 11.4 Å². The van der Waals surface area contributed by atoms with Crippen molar-refractivity contribution in [2.75, 3.05) is 13.1 Å². The van der Waals surface area contributed by atoms with Gasteiger partial charge in [0.05, 0.1) is 5.56 Å². The number of carbonyl (C=O) groups is 1. The highest BCUT2D eigenvalue weighted by molar-refractivity contribution is 5.92. The summed E-state index contributed by atoms with van der Waals surface area (Å²) in [5.74, 6) is -0.157. The minimum atomic E-state index is -0.924. The summed E-state index contributed by atoms with van der Waals surface area (Å²) >= 11 is 0. The summed E-state index contributed by atoms with van der Waals surface area (Å²) in [6.07, 6.45) is 4.00. The van der Waals surface area contributed by atoms with Crippen molar-refractivity contribution in [2.45, 2.75) is 18.4 Å². The summed E-state index contributed by atoms with van der Waals surface area (Å²) in [7, 11) is 0. The maximum absolute atomic E-state index is 11.4. The largest absolute Gasteiger partial charge is 0.482 e. The van der Waals surface area contributed by atoms with E-state index in [1.807, 2.05) is 18.2 Å². The SMILES string of the molecule is O=C(O)c1ccc2c(c1)C(c1ccccc1)=CC1(CCNCC1)O2. The smallest absolute Gasteiger partial charge is 0.335 e. The van der Waals surface area contributed by atoms with Crippen molar-refractivity contribution < 1.29 is 14.6 Å². The van der Waals surface area contributed by atoms with E-state index in [9.17, 15) is 9.90 Å². The molecule has 1 spiro atoms. The molecule has 0 saturated carbocycles. The van der Waals surface area contributed by atoms with Crippen molar-refractivity contribution in [3.05, 3.63) is 71.3 Å². The van der Waals surface area contributed by atoms with E-state index >= 15 is 0 Å².